The van der Waals surface area contributed by atoms with E-state index in [1.807, 2.05) is 18.7 Å². The first-order valence-corrected chi connectivity index (χ1v) is 10.6. The Morgan fingerprint density at radius 2 is 1.93 bits per heavy atom. The lowest BCUT2D eigenvalue weighted by molar-refractivity contribution is 0.797. The van der Waals surface area contributed by atoms with Crippen LogP contribution < -0.4 is 0 Å². The minimum atomic E-state index is 0.838. The van der Waals surface area contributed by atoms with E-state index in [1.54, 1.807) is 0 Å². The van der Waals surface area contributed by atoms with Gasteiger partial charge in [0, 0.05) is 31.2 Å². The van der Waals surface area contributed by atoms with Crippen molar-refractivity contribution in [2.24, 2.45) is 4.99 Å². The number of hydrogen-bond donors (Lipinski definition) is 0. The van der Waals surface area contributed by atoms with Gasteiger partial charge in [-0.25, -0.2) is 4.98 Å². The van der Waals surface area contributed by atoms with Crippen LogP contribution in [0.5, 0.6) is 0 Å². The summed E-state index contributed by atoms with van der Waals surface area (Å²) in [6.45, 7) is 6.03. The van der Waals surface area contributed by atoms with Crippen molar-refractivity contribution in [3.05, 3.63) is 95.1 Å². The summed E-state index contributed by atoms with van der Waals surface area (Å²) in [6.07, 6.45) is 12.5. The van der Waals surface area contributed by atoms with Gasteiger partial charge in [-0.1, -0.05) is 55.5 Å². The molecule has 0 amide bonds. The normalized spacial score (nSPS) is 13.9. The van der Waals surface area contributed by atoms with E-state index >= 15 is 0 Å². The van der Waals surface area contributed by atoms with E-state index in [9.17, 15) is 0 Å². The molecule has 148 valence electrons. The molecular formula is C26H29N3. The number of rotatable bonds is 7. The molecule has 0 radical (unpaired) electrons. The SMILES string of the molecule is CCc1ccc2c(c1)C(CCN=C(C)c1ccc(Cn3ccnc3)cc1)=CCC2. The number of imidazole rings is 1. The van der Waals surface area contributed by atoms with Crippen LogP contribution in [0.1, 0.15) is 54.5 Å². The third kappa shape index (κ3) is 4.73. The first kappa shape index (κ1) is 19.4. The molecule has 1 aromatic heterocycles. The molecule has 0 bridgehead atoms. The zero-order valence-electron chi connectivity index (χ0n) is 17.4. The molecule has 3 heteroatoms. The molecule has 0 spiro atoms. The molecule has 3 aromatic rings. The molecule has 0 aliphatic heterocycles. The summed E-state index contributed by atoms with van der Waals surface area (Å²) in [6, 6.07) is 15.7. The average Bonchev–Trinajstić information content (AvgIpc) is 3.27. The number of aromatic nitrogens is 2. The van der Waals surface area contributed by atoms with Crippen LogP contribution in [0.15, 0.2) is 72.3 Å². The number of benzene rings is 2. The zero-order chi connectivity index (χ0) is 20.1. The molecule has 29 heavy (non-hydrogen) atoms. The Morgan fingerprint density at radius 3 is 2.69 bits per heavy atom. The highest BCUT2D eigenvalue weighted by Crippen LogP contribution is 2.30. The van der Waals surface area contributed by atoms with E-state index in [-0.39, 0.29) is 0 Å². The van der Waals surface area contributed by atoms with Gasteiger partial charge >= 0.3 is 0 Å². The maximum absolute atomic E-state index is 4.87. The van der Waals surface area contributed by atoms with Gasteiger partial charge in [0.05, 0.1) is 6.33 Å². The van der Waals surface area contributed by atoms with Crippen LogP contribution in [0.25, 0.3) is 5.57 Å². The Labute approximate surface area is 173 Å². The van der Waals surface area contributed by atoms with Crippen LogP contribution >= 0.6 is 0 Å². The molecule has 1 aliphatic rings. The van der Waals surface area contributed by atoms with E-state index in [1.165, 1.54) is 33.4 Å². The van der Waals surface area contributed by atoms with Gasteiger partial charge in [-0.3, -0.25) is 4.99 Å². The summed E-state index contributed by atoms with van der Waals surface area (Å²) >= 11 is 0. The first-order chi connectivity index (χ1) is 14.2. The van der Waals surface area contributed by atoms with Crippen LogP contribution in [0.2, 0.25) is 0 Å². The topological polar surface area (TPSA) is 30.2 Å². The monoisotopic (exact) mass is 383 g/mol. The Bertz CT molecular complexity index is 1010. The van der Waals surface area contributed by atoms with E-state index < -0.39 is 0 Å². The summed E-state index contributed by atoms with van der Waals surface area (Å²) in [5, 5.41) is 0. The smallest absolute Gasteiger partial charge is 0.0949 e. The Hall–Kier alpha value is -2.94. The minimum Gasteiger partial charge on any atom is -0.333 e. The second-order valence-corrected chi connectivity index (χ2v) is 7.76. The molecule has 0 saturated carbocycles. The minimum absolute atomic E-state index is 0.838. The van der Waals surface area contributed by atoms with Gasteiger partial charge < -0.3 is 4.57 Å². The molecule has 0 unspecified atom stereocenters. The fraction of sp³-hybridized carbons (Fsp3) is 0.308. The summed E-state index contributed by atoms with van der Waals surface area (Å²) < 4.78 is 2.08. The lowest BCUT2D eigenvalue weighted by Crippen LogP contribution is -2.03. The molecule has 2 aromatic carbocycles. The Morgan fingerprint density at radius 1 is 1.10 bits per heavy atom. The standard InChI is InChI=1S/C26H29N3/c1-3-21-7-12-24-5-4-6-25(26(24)17-21)13-14-28-20(2)23-10-8-22(9-11-23)18-29-16-15-27-19-29/h6-12,15-17,19H,3-5,13-14,18H2,1-2H3. The van der Waals surface area contributed by atoms with E-state index in [0.717, 1.165) is 44.5 Å². The molecule has 0 atom stereocenters. The lowest BCUT2D eigenvalue weighted by Gasteiger charge is -2.18. The van der Waals surface area contributed by atoms with Crippen LogP contribution in [-0.4, -0.2) is 21.8 Å². The predicted octanol–water partition coefficient (Wildman–Crippen LogP) is 5.72. The maximum Gasteiger partial charge on any atom is 0.0949 e. The van der Waals surface area contributed by atoms with Crippen molar-refractivity contribution in [2.45, 2.75) is 46.1 Å². The van der Waals surface area contributed by atoms with Crippen molar-refractivity contribution in [3.8, 4) is 0 Å². The highest BCUT2D eigenvalue weighted by Gasteiger charge is 2.12. The van der Waals surface area contributed by atoms with E-state index in [2.05, 4.69) is 71.9 Å². The van der Waals surface area contributed by atoms with Crippen molar-refractivity contribution in [3.63, 3.8) is 0 Å². The van der Waals surface area contributed by atoms with Crippen molar-refractivity contribution in [1.29, 1.82) is 0 Å². The van der Waals surface area contributed by atoms with Crippen molar-refractivity contribution < 1.29 is 0 Å². The van der Waals surface area contributed by atoms with Crippen molar-refractivity contribution in [2.75, 3.05) is 6.54 Å². The second kappa shape index (κ2) is 9.04. The molecule has 3 nitrogen and oxygen atoms in total. The van der Waals surface area contributed by atoms with Crippen LogP contribution in [0.3, 0.4) is 0 Å². The first-order valence-electron chi connectivity index (χ1n) is 10.6. The molecular weight excluding hydrogens is 354 g/mol. The highest BCUT2D eigenvalue weighted by molar-refractivity contribution is 5.98. The molecule has 1 heterocycles. The second-order valence-electron chi connectivity index (χ2n) is 7.76. The highest BCUT2D eigenvalue weighted by atomic mass is 15.0. The zero-order valence-corrected chi connectivity index (χ0v) is 17.4. The summed E-state index contributed by atoms with van der Waals surface area (Å²) in [4.78, 5) is 8.97. The van der Waals surface area contributed by atoms with Gasteiger partial charge in [0.1, 0.15) is 0 Å². The summed E-state index contributed by atoms with van der Waals surface area (Å²) in [7, 11) is 0. The number of hydrogen-bond acceptors (Lipinski definition) is 2. The molecule has 1 aliphatic carbocycles. The third-order valence-corrected chi connectivity index (χ3v) is 5.76. The fourth-order valence-corrected chi connectivity index (χ4v) is 3.99. The van der Waals surface area contributed by atoms with Gasteiger partial charge in [-0.05, 0) is 66.0 Å². The van der Waals surface area contributed by atoms with Gasteiger partial charge in [0.15, 0.2) is 0 Å². The molecule has 4 rings (SSSR count). The van der Waals surface area contributed by atoms with Crippen LogP contribution in [-0.2, 0) is 19.4 Å². The average molecular weight is 384 g/mol. The number of fused-ring (bicyclic) bond motifs is 1. The number of allylic oxidation sites excluding steroid dienone is 1. The largest absolute Gasteiger partial charge is 0.333 e. The van der Waals surface area contributed by atoms with Gasteiger partial charge in [-0.2, -0.15) is 0 Å². The van der Waals surface area contributed by atoms with E-state index in [0.29, 0.717) is 0 Å². The number of aryl methyl sites for hydroxylation is 2. The van der Waals surface area contributed by atoms with Crippen molar-refractivity contribution in [1.82, 2.24) is 9.55 Å². The fourth-order valence-electron chi connectivity index (χ4n) is 3.99. The maximum atomic E-state index is 4.87. The van der Waals surface area contributed by atoms with Gasteiger partial charge in [0.2, 0.25) is 0 Å². The van der Waals surface area contributed by atoms with Gasteiger partial charge in [-0.15, -0.1) is 0 Å². The number of nitrogens with zero attached hydrogens (tertiary/aromatic N) is 3. The Kier molecular flexibility index (Phi) is 6.04. The van der Waals surface area contributed by atoms with Gasteiger partial charge in [0.25, 0.3) is 0 Å². The third-order valence-electron chi connectivity index (χ3n) is 5.76. The van der Waals surface area contributed by atoms with Crippen LogP contribution in [0.4, 0.5) is 0 Å². The van der Waals surface area contributed by atoms with Crippen LogP contribution in [0, 0.1) is 0 Å². The molecule has 0 N–H and O–H groups in total. The quantitative estimate of drug-likeness (QED) is 0.480. The van der Waals surface area contributed by atoms with Crippen molar-refractivity contribution >= 4 is 11.3 Å². The summed E-state index contributed by atoms with van der Waals surface area (Å²) in [5.41, 5.74) is 9.42. The molecule has 0 fully saturated rings. The lowest BCUT2D eigenvalue weighted by atomic mass is 9.87. The summed E-state index contributed by atoms with van der Waals surface area (Å²) in [5.74, 6) is 0. The van der Waals surface area contributed by atoms with E-state index in [4.69, 9.17) is 4.99 Å². The Balaban J connectivity index is 1.39. The molecule has 0 saturated heterocycles. The predicted molar refractivity (Wildman–Crippen MR) is 122 cm³/mol. The number of aliphatic imine (C=N–C) groups is 1.